The molecule has 31 heavy (non-hydrogen) atoms. The predicted octanol–water partition coefficient (Wildman–Crippen LogP) is 3.98. The number of aromatic nitrogens is 3. The zero-order valence-electron chi connectivity index (χ0n) is 16.3. The Kier molecular flexibility index (Phi) is 4.46. The molecule has 0 aliphatic carbocycles. The summed E-state index contributed by atoms with van der Waals surface area (Å²) in [6.45, 7) is 0.703. The van der Waals surface area contributed by atoms with Gasteiger partial charge in [0.15, 0.2) is 0 Å². The zero-order chi connectivity index (χ0) is 21.7. The van der Waals surface area contributed by atoms with E-state index in [2.05, 4.69) is 10.1 Å². The zero-order valence-corrected chi connectivity index (χ0v) is 16.3. The van der Waals surface area contributed by atoms with E-state index in [0.29, 0.717) is 42.5 Å². The molecule has 2 N–H and O–H groups in total. The Bertz CT molecular complexity index is 1390. The molecule has 158 valence electrons. The highest BCUT2D eigenvalue weighted by Gasteiger charge is 2.27. The SMILES string of the molecule is O=C(O)N1CCC(c2cc(=O)[nH]c3c4c(-c5ccccc5F)c(F)ccc4nn23)CC1. The van der Waals surface area contributed by atoms with E-state index in [1.54, 1.807) is 10.6 Å². The molecule has 0 bridgehead atoms. The van der Waals surface area contributed by atoms with E-state index in [4.69, 9.17) is 0 Å². The summed E-state index contributed by atoms with van der Waals surface area (Å²) in [5.41, 5.74) is 1.08. The van der Waals surface area contributed by atoms with Crippen molar-refractivity contribution in [2.45, 2.75) is 18.8 Å². The largest absolute Gasteiger partial charge is 0.465 e. The van der Waals surface area contributed by atoms with Crippen LogP contribution in [0.5, 0.6) is 0 Å². The summed E-state index contributed by atoms with van der Waals surface area (Å²) in [6.07, 6.45) is 0.106. The average Bonchev–Trinajstić information content (AvgIpc) is 3.12. The van der Waals surface area contributed by atoms with Crippen molar-refractivity contribution in [2.75, 3.05) is 13.1 Å². The van der Waals surface area contributed by atoms with Gasteiger partial charge >= 0.3 is 6.09 Å². The van der Waals surface area contributed by atoms with Gasteiger partial charge in [-0.3, -0.25) is 4.79 Å². The minimum atomic E-state index is -0.968. The van der Waals surface area contributed by atoms with Crippen LogP contribution in [0.2, 0.25) is 0 Å². The number of fused-ring (bicyclic) bond motifs is 3. The highest BCUT2D eigenvalue weighted by atomic mass is 19.1. The van der Waals surface area contributed by atoms with Crippen molar-refractivity contribution in [3.63, 3.8) is 0 Å². The molecule has 0 unspecified atom stereocenters. The van der Waals surface area contributed by atoms with E-state index in [1.807, 2.05) is 0 Å². The molecule has 1 aliphatic rings. The first-order valence-electron chi connectivity index (χ1n) is 9.91. The molecule has 0 spiro atoms. The third-order valence-corrected chi connectivity index (χ3v) is 5.88. The Morgan fingerprint density at radius 1 is 1.10 bits per heavy atom. The quantitative estimate of drug-likeness (QED) is 0.509. The van der Waals surface area contributed by atoms with Gasteiger partial charge in [0.05, 0.1) is 16.6 Å². The first kappa shape index (κ1) is 19.2. The topological polar surface area (TPSA) is 90.7 Å². The summed E-state index contributed by atoms with van der Waals surface area (Å²) in [4.78, 5) is 27.8. The van der Waals surface area contributed by atoms with Gasteiger partial charge in [-0.1, -0.05) is 18.2 Å². The van der Waals surface area contributed by atoms with E-state index in [9.17, 15) is 23.5 Å². The number of halogens is 2. The van der Waals surface area contributed by atoms with E-state index < -0.39 is 17.7 Å². The number of carbonyl (C=O) groups is 1. The van der Waals surface area contributed by atoms with Crippen LogP contribution in [0.25, 0.3) is 27.7 Å². The number of rotatable bonds is 2. The molecule has 1 aliphatic heterocycles. The second kappa shape index (κ2) is 7.19. The van der Waals surface area contributed by atoms with Gasteiger partial charge in [0.2, 0.25) is 0 Å². The highest BCUT2D eigenvalue weighted by Crippen LogP contribution is 2.36. The molecular weight excluding hydrogens is 406 g/mol. The summed E-state index contributed by atoms with van der Waals surface area (Å²) in [7, 11) is 0. The van der Waals surface area contributed by atoms with Gasteiger partial charge in [-0.15, -0.1) is 0 Å². The van der Waals surface area contributed by atoms with Crippen LogP contribution in [0.4, 0.5) is 13.6 Å². The van der Waals surface area contributed by atoms with Crippen molar-refractivity contribution in [2.24, 2.45) is 0 Å². The fraction of sp³-hybridized carbons (Fsp3) is 0.227. The molecule has 1 saturated heterocycles. The van der Waals surface area contributed by atoms with Gasteiger partial charge in [-0.05, 0) is 31.0 Å². The van der Waals surface area contributed by atoms with Crippen molar-refractivity contribution < 1.29 is 18.7 Å². The number of nitrogens with one attached hydrogen (secondary N) is 1. The lowest BCUT2D eigenvalue weighted by Crippen LogP contribution is -2.37. The standard InChI is InChI=1S/C22H18F2N4O3/c23-14-4-2-1-3-13(14)19-15(24)5-6-16-20(19)21-25-18(29)11-17(28(21)26-16)12-7-9-27(10-8-12)22(30)31/h1-6,11-12H,7-10H2,(H,25,29)(H,30,31). The molecule has 7 nitrogen and oxygen atoms in total. The molecule has 0 saturated carbocycles. The van der Waals surface area contributed by atoms with Crippen LogP contribution in [0.1, 0.15) is 24.5 Å². The Hall–Kier alpha value is -3.75. The normalized spacial score (nSPS) is 15.1. The molecule has 1 amide bonds. The van der Waals surface area contributed by atoms with Crippen LogP contribution >= 0.6 is 0 Å². The van der Waals surface area contributed by atoms with E-state index in [-0.39, 0.29) is 28.3 Å². The van der Waals surface area contributed by atoms with E-state index >= 15 is 0 Å². The molecule has 9 heteroatoms. The van der Waals surface area contributed by atoms with Crippen LogP contribution in [-0.4, -0.2) is 43.8 Å². The number of piperidine rings is 1. The molecule has 2 aromatic carbocycles. The first-order chi connectivity index (χ1) is 14.9. The summed E-state index contributed by atoms with van der Waals surface area (Å²) >= 11 is 0. The molecule has 0 atom stereocenters. The number of carboxylic acid groups (broad SMARTS) is 1. The van der Waals surface area contributed by atoms with Gasteiger partial charge in [0.25, 0.3) is 5.56 Å². The van der Waals surface area contributed by atoms with Crippen LogP contribution in [-0.2, 0) is 0 Å². The lowest BCUT2D eigenvalue weighted by atomic mass is 9.93. The molecule has 0 radical (unpaired) electrons. The lowest BCUT2D eigenvalue weighted by molar-refractivity contribution is 0.131. The minimum Gasteiger partial charge on any atom is -0.465 e. The van der Waals surface area contributed by atoms with Gasteiger partial charge in [0.1, 0.15) is 17.3 Å². The van der Waals surface area contributed by atoms with Crippen molar-refractivity contribution in [1.82, 2.24) is 19.5 Å². The maximum atomic E-state index is 14.9. The number of H-pyrrole nitrogens is 1. The number of nitrogens with zero attached hydrogens (tertiary/aromatic N) is 3. The van der Waals surface area contributed by atoms with Crippen LogP contribution in [0.3, 0.4) is 0 Å². The maximum Gasteiger partial charge on any atom is 0.407 e. The van der Waals surface area contributed by atoms with Gasteiger partial charge < -0.3 is 15.0 Å². The van der Waals surface area contributed by atoms with Gasteiger partial charge in [-0.2, -0.15) is 5.10 Å². The fourth-order valence-electron chi connectivity index (χ4n) is 4.39. The van der Waals surface area contributed by atoms with E-state index in [0.717, 1.165) is 0 Å². The summed E-state index contributed by atoms with van der Waals surface area (Å²) in [6, 6.07) is 10.1. The Balaban J connectivity index is 1.73. The van der Waals surface area contributed by atoms with Crippen molar-refractivity contribution in [3.05, 3.63) is 70.1 Å². The second-order valence-corrected chi connectivity index (χ2v) is 7.66. The third-order valence-electron chi connectivity index (χ3n) is 5.88. The number of benzene rings is 2. The molecule has 5 rings (SSSR count). The number of hydrogen-bond acceptors (Lipinski definition) is 3. The Morgan fingerprint density at radius 2 is 1.84 bits per heavy atom. The Morgan fingerprint density at radius 3 is 2.55 bits per heavy atom. The second-order valence-electron chi connectivity index (χ2n) is 7.66. The van der Waals surface area contributed by atoms with Gasteiger partial charge in [0, 0.05) is 36.2 Å². The monoisotopic (exact) mass is 424 g/mol. The minimum absolute atomic E-state index is 0.0408. The molecule has 3 heterocycles. The van der Waals surface area contributed by atoms with Crippen molar-refractivity contribution in [1.29, 1.82) is 0 Å². The third kappa shape index (κ3) is 3.13. The number of amides is 1. The number of likely N-dealkylation sites (tertiary alicyclic amines) is 1. The van der Waals surface area contributed by atoms with Crippen LogP contribution in [0.15, 0.2) is 47.3 Å². The maximum absolute atomic E-state index is 14.9. The summed E-state index contributed by atoms with van der Waals surface area (Å²) in [5.74, 6) is -1.28. The molecule has 4 aromatic rings. The van der Waals surface area contributed by atoms with Crippen molar-refractivity contribution >= 4 is 22.6 Å². The van der Waals surface area contributed by atoms with Crippen molar-refractivity contribution in [3.8, 4) is 11.1 Å². The summed E-state index contributed by atoms with van der Waals surface area (Å²) in [5, 5.41) is 14.1. The molecule has 1 fully saturated rings. The Labute approximate surface area is 174 Å². The lowest BCUT2D eigenvalue weighted by Gasteiger charge is -2.30. The molecule has 2 aromatic heterocycles. The average molecular weight is 424 g/mol. The van der Waals surface area contributed by atoms with Gasteiger partial charge in [-0.25, -0.2) is 18.1 Å². The summed E-state index contributed by atoms with van der Waals surface area (Å²) < 4.78 is 31.0. The number of aromatic amines is 1. The van der Waals surface area contributed by atoms with Crippen LogP contribution < -0.4 is 5.56 Å². The van der Waals surface area contributed by atoms with Crippen LogP contribution in [0, 0.1) is 11.6 Å². The highest BCUT2D eigenvalue weighted by molar-refractivity contribution is 6.04. The number of hydrogen-bond donors (Lipinski definition) is 2. The smallest absolute Gasteiger partial charge is 0.407 e. The molecular formula is C22H18F2N4O3. The fourth-order valence-corrected chi connectivity index (χ4v) is 4.39. The van der Waals surface area contributed by atoms with E-state index in [1.165, 1.54) is 41.3 Å². The predicted molar refractivity (Wildman–Crippen MR) is 110 cm³/mol. The first-order valence-corrected chi connectivity index (χ1v) is 9.91.